The van der Waals surface area contributed by atoms with Crippen molar-refractivity contribution in [2.24, 2.45) is 0 Å². The average Bonchev–Trinajstić information content (AvgIpc) is 2.62. The molecule has 3 aromatic rings. The van der Waals surface area contributed by atoms with Crippen molar-refractivity contribution >= 4 is 22.5 Å². The van der Waals surface area contributed by atoms with Gasteiger partial charge in [-0.15, -0.1) is 0 Å². The summed E-state index contributed by atoms with van der Waals surface area (Å²) >= 11 is 0. The number of nitrogens with zero attached hydrogens (tertiary/aromatic N) is 1. The molecule has 0 aliphatic rings. The molecule has 128 valence electrons. The van der Waals surface area contributed by atoms with Gasteiger partial charge >= 0.3 is 6.03 Å². The first-order valence-electron chi connectivity index (χ1n) is 8.66. The Kier molecular flexibility index (Phi) is 4.75. The molecule has 25 heavy (non-hydrogen) atoms. The Balaban J connectivity index is 1.91. The number of anilines is 1. The summed E-state index contributed by atoms with van der Waals surface area (Å²) in [5.74, 6) is 0. The molecule has 3 aromatic carbocycles. The molecule has 0 fully saturated rings. The van der Waals surface area contributed by atoms with Crippen molar-refractivity contribution in [2.75, 3.05) is 11.4 Å². The van der Waals surface area contributed by atoms with Gasteiger partial charge in [0.15, 0.2) is 0 Å². The van der Waals surface area contributed by atoms with Gasteiger partial charge in [0, 0.05) is 12.2 Å². The predicted molar refractivity (Wildman–Crippen MR) is 105 cm³/mol. The van der Waals surface area contributed by atoms with E-state index < -0.39 is 5.54 Å². The maximum atomic E-state index is 12.9. The molecule has 0 radical (unpaired) electrons. The molecule has 0 unspecified atom stereocenters. The topological polar surface area (TPSA) is 32.3 Å². The molecular weight excluding hydrogens is 308 g/mol. The zero-order valence-electron chi connectivity index (χ0n) is 15.0. The maximum absolute atomic E-state index is 12.9. The van der Waals surface area contributed by atoms with Crippen molar-refractivity contribution in [3.05, 3.63) is 78.4 Å². The summed E-state index contributed by atoms with van der Waals surface area (Å²) in [5, 5.41) is 5.54. The molecule has 3 rings (SSSR count). The van der Waals surface area contributed by atoms with E-state index in [0.717, 1.165) is 16.6 Å². The van der Waals surface area contributed by atoms with Crippen LogP contribution in [0.1, 0.15) is 26.3 Å². The van der Waals surface area contributed by atoms with E-state index in [1.165, 1.54) is 5.39 Å². The summed E-state index contributed by atoms with van der Waals surface area (Å²) in [6.07, 6.45) is 0. The number of rotatable bonds is 4. The molecule has 3 nitrogen and oxygen atoms in total. The van der Waals surface area contributed by atoms with Crippen LogP contribution in [0.2, 0.25) is 0 Å². The fraction of sp³-hybridized carbons (Fsp3) is 0.227. The molecule has 3 heteroatoms. The van der Waals surface area contributed by atoms with Crippen molar-refractivity contribution in [3.63, 3.8) is 0 Å². The summed E-state index contributed by atoms with van der Waals surface area (Å²) in [7, 11) is 0. The van der Waals surface area contributed by atoms with E-state index in [0.29, 0.717) is 6.54 Å². The third-order valence-electron chi connectivity index (χ3n) is 4.51. The third-order valence-corrected chi connectivity index (χ3v) is 4.51. The van der Waals surface area contributed by atoms with Crippen molar-refractivity contribution in [3.8, 4) is 0 Å². The lowest BCUT2D eigenvalue weighted by Gasteiger charge is -2.32. The Hall–Kier alpha value is -2.81. The number of hydrogen-bond donors (Lipinski definition) is 1. The van der Waals surface area contributed by atoms with Crippen molar-refractivity contribution in [2.45, 2.75) is 26.3 Å². The number of hydrogen-bond acceptors (Lipinski definition) is 1. The van der Waals surface area contributed by atoms with Crippen molar-refractivity contribution in [1.29, 1.82) is 0 Å². The van der Waals surface area contributed by atoms with E-state index in [2.05, 4.69) is 29.6 Å². The average molecular weight is 332 g/mol. The first-order valence-corrected chi connectivity index (χ1v) is 8.66. The smallest absolute Gasteiger partial charge is 0.322 e. The Morgan fingerprint density at radius 1 is 0.920 bits per heavy atom. The van der Waals surface area contributed by atoms with Crippen LogP contribution >= 0.6 is 0 Å². The lowest BCUT2D eigenvalue weighted by Crippen LogP contribution is -2.48. The first-order chi connectivity index (χ1) is 12.0. The van der Waals surface area contributed by atoms with Crippen LogP contribution in [0, 0.1) is 0 Å². The number of para-hydroxylation sites is 1. The Morgan fingerprint density at radius 2 is 1.56 bits per heavy atom. The normalized spacial score (nSPS) is 11.3. The molecule has 0 atom stereocenters. The minimum absolute atomic E-state index is 0.0911. The minimum Gasteiger partial charge on any atom is -0.329 e. The lowest BCUT2D eigenvalue weighted by atomic mass is 9.89. The van der Waals surface area contributed by atoms with Gasteiger partial charge in [0.25, 0.3) is 0 Å². The van der Waals surface area contributed by atoms with Crippen LogP contribution in [-0.2, 0) is 5.54 Å². The van der Waals surface area contributed by atoms with Crippen LogP contribution in [0.4, 0.5) is 10.5 Å². The van der Waals surface area contributed by atoms with Crippen LogP contribution in [0.25, 0.3) is 10.8 Å². The first kappa shape index (κ1) is 17.0. The van der Waals surface area contributed by atoms with Gasteiger partial charge < -0.3 is 5.32 Å². The molecule has 0 bridgehead atoms. The van der Waals surface area contributed by atoms with Crippen LogP contribution in [0.15, 0.2) is 72.8 Å². The number of carbonyl (C=O) groups is 1. The number of carbonyl (C=O) groups excluding carboxylic acids is 1. The fourth-order valence-corrected chi connectivity index (χ4v) is 3.22. The fourth-order valence-electron chi connectivity index (χ4n) is 3.22. The van der Waals surface area contributed by atoms with Gasteiger partial charge in [0.2, 0.25) is 0 Å². The zero-order chi connectivity index (χ0) is 17.9. The van der Waals surface area contributed by atoms with Gasteiger partial charge in [0.05, 0.1) is 5.54 Å². The highest BCUT2D eigenvalue weighted by molar-refractivity contribution is 5.93. The Morgan fingerprint density at radius 3 is 2.28 bits per heavy atom. The number of fused-ring (bicyclic) bond motifs is 1. The third kappa shape index (κ3) is 3.50. The summed E-state index contributed by atoms with van der Waals surface area (Å²) < 4.78 is 0. The van der Waals surface area contributed by atoms with Gasteiger partial charge in [-0.1, -0.05) is 60.7 Å². The van der Waals surface area contributed by atoms with Crippen LogP contribution in [0.5, 0.6) is 0 Å². The molecule has 0 saturated carbocycles. The quantitative estimate of drug-likeness (QED) is 0.690. The molecule has 1 N–H and O–H groups in total. The van der Waals surface area contributed by atoms with Gasteiger partial charge in [-0.2, -0.15) is 0 Å². The monoisotopic (exact) mass is 332 g/mol. The maximum Gasteiger partial charge on any atom is 0.322 e. The number of amides is 2. The number of urea groups is 1. The highest BCUT2D eigenvalue weighted by Gasteiger charge is 2.27. The van der Waals surface area contributed by atoms with Crippen LogP contribution in [0.3, 0.4) is 0 Å². The molecule has 0 aliphatic carbocycles. The lowest BCUT2D eigenvalue weighted by molar-refractivity contribution is 0.236. The van der Waals surface area contributed by atoms with E-state index >= 15 is 0 Å². The van der Waals surface area contributed by atoms with E-state index in [9.17, 15) is 4.79 Å². The molecule has 0 aliphatic heterocycles. The Labute approximate surface area is 149 Å². The van der Waals surface area contributed by atoms with Crippen LogP contribution < -0.4 is 10.2 Å². The molecule has 0 aromatic heterocycles. The summed E-state index contributed by atoms with van der Waals surface area (Å²) in [6.45, 7) is 6.69. The second-order valence-electron chi connectivity index (χ2n) is 6.66. The second-order valence-corrected chi connectivity index (χ2v) is 6.66. The van der Waals surface area contributed by atoms with E-state index in [1.807, 2.05) is 69.3 Å². The molecule has 0 spiro atoms. The molecular formula is C22H24N2O. The van der Waals surface area contributed by atoms with Gasteiger partial charge in [0.1, 0.15) is 0 Å². The molecule has 0 saturated heterocycles. The van der Waals surface area contributed by atoms with Crippen LogP contribution in [-0.4, -0.2) is 12.6 Å². The van der Waals surface area contributed by atoms with E-state index in [1.54, 1.807) is 4.90 Å². The standard InChI is InChI=1S/C22H24N2O/c1-4-24(18-13-6-5-7-14-18)21(25)23-22(2,3)20-16-10-12-17-11-8-9-15-19(17)20/h5-16H,4H2,1-3H3,(H,23,25). The SMILES string of the molecule is CCN(C(=O)NC(C)(C)c1cccc2ccccc12)c1ccccc1. The summed E-state index contributed by atoms with van der Waals surface area (Å²) in [5.41, 5.74) is 1.53. The number of benzene rings is 3. The van der Waals surface area contributed by atoms with Gasteiger partial charge in [-0.3, -0.25) is 4.90 Å². The van der Waals surface area contributed by atoms with Gasteiger partial charge in [-0.05, 0) is 49.2 Å². The zero-order valence-corrected chi connectivity index (χ0v) is 15.0. The highest BCUT2D eigenvalue weighted by Crippen LogP contribution is 2.29. The summed E-state index contributed by atoms with van der Waals surface area (Å²) in [6, 6.07) is 24.1. The van der Waals surface area contributed by atoms with Gasteiger partial charge in [-0.25, -0.2) is 4.79 Å². The number of nitrogens with one attached hydrogen (secondary N) is 1. The van der Waals surface area contributed by atoms with E-state index in [-0.39, 0.29) is 6.03 Å². The minimum atomic E-state index is -0.486. The highest BCUT2D eigenvalue weighted by atomic mass is 16.2. The second kappa shape index (κ2) is 6.98. The van der Waals surface area contributed by atoms with E-state index in [4.69, 9.17) is 0 Å². The van der Waals surface area contributed by atoms with Crippen molar-refractivity contribution in [1.82, 2.24) is 5.32 Å². The largest absolute Gasteiger partial charge is 0.329 e. The summed E-state index contributed by atoms with van der Waals surface area (Å²) in [4.78, 5) is 14.7. The van der Waals surface area contributed by atoms with Crippen molar-refractivity contribution < 1.29 is 4.79 Å². The predicted octanol–water partition coefficient (Wildman–Crippen LogP) is 5.31. The molecule has 2 amide bonds. The Bertz CT molecular complexity index is 866. The molecule has 0 heterocycles.